The number of anilines is 1. The average Bonchev–Trinajstić information content (AvgIpc) is 2.48. The molecule has 2 amide bonds. The van der Waals surface area contributed by atoms with E-state index in [1.54, 1.807) is 0 Å². The lowest BCUT2D eigenvalue weighted by Gasteiger charge is -2.23. The largest absolute Gasteiger partial charge is 0.381 e. The Balaban J connectivity index is 1.95. The second-order valence-electron chi connectivity index (χ2n) is 5.15. The SMILES string of the molecule is CN(C)S(=O)(=O)c1ccc(NC(=O)NC2CCOCC2)nc1. The standard InChI is InChI=1S/C13H20N4O4S/c1-17(2)22(19,20)11-3-4-12(14-9-11)16-13(18)15-10-5-7-21-8-6-10/h3-4,9-10H,5-8H2,1-2H3,(H2,14,15,16,18). The molecule has 9 heteroatoms. The molecule has 1 aromatic heterocycles. The molecule has 1 saturated heterocycles. The van der Waals surface area contributed by atoms with Gasteiger partial charge in [-0.05, 0) is 25.0 Å². The van der Waals surface area contributed by atoms with Crippen molar-refractivity contribution in [2.45, 2.75) is 23.8 Å². The van der Waals surface area contributed by atoms with Crippen LogP contribution in [0.2, 0.25) is 0 Å². The van der Waals surface area contributed by atoms with Gasteiger partial charge in [-0.1, -0.05) is 0 Å². The third-order valence-electron chi connectivity index (χ3n) is 3.31. The van der Waals surface area contributed by atoms with Crippen molar-refractivity contribution in [3.8, 4) is 0 Å². The highest BCUT2D eigenvalue weighted by Crippen LogP contribution is 2.14. The normalized spacial score (nSPS) is 16.5. The molecule has 1 fully saturated rings. The molecular weight excluding hydrogens is 308 g/mol. The monoisotopic (exact) mass is 328 g/mol. The number of pyridine rings is 1. The molecule has 122 valence electrons. The summed E-state index contributed by atoms with van der Waals surface area (Å²) in [5.74, 6) is 0.294. The minimum absolute atomic E-state index is 0.0767. The van der Waals surface area contributed by atoms with E-state index >= 15 is 0 Å². The number of carbonyl (C=O) groups excluding carboxylic acids is 1. The molecule has 2 rings (SSSR count). The molecule has 0 spiro atoms. The van der Waals surface area contributed by atoms with Gasteiger partial charge < -0.3 is 10.1 Å². The first-order valence-electron chi connectivity index (χ1n) is 6.93. The van der Waals surface area contributed by atoms with Crippen LogP contribution in [0.15, 0.2) is 23.2 Å². The van der Waals surface area contributed by atoms with Crippen LogP contribution >= 0.6 is 0 Å². The summed E-state index contributed by atoms with van der Waals surface area (Å²) >= 11 is 0. The molecule has 2 N–H and O–H groups in total. The van der Waals surface area contributed by atoms with Crippen LogP contribution in [0, 0.1) is 0 Å². The van der Waals surface area contributed by atoms with Gasteiger partial charge in [0.25, 0.3) is 0 Å². The molecule has 0 unspecified atom stereocenters. The zero-order chi connectivity index (χ0) is 16.2. The third-order valence-corrected chi connectivity index (χ3v) is 5.11. The molecule has 0 saturated carbocycles. The zero-order valence-corrected chi connectivity index (χ0v) is 13.4. The van der Waals surface area contributed by atoms with E-state index < -0.39 is 10.0 Å². The predicted molar refractivity (Wildman–Crippen MR) is 81.1 cm³/mol. The number of aromatic nitrogens is 1. The summed E-state index contributed by atoms with van der Waals surface area (Å²) in [6.45, 7) is 1.28. The highest BCUT2D eigenvalue weighted by atomic mass is 32.2. The lowest BCUT2D eigenvalue weighted by atomic mass is 10.1. The number of nitrogens with zero attached hydrogens (tertiary/aromatic N) is 2. The van der Waals surface area contributed by atoms with E-state index in [1.807, 2.05) is 0 Å². The molecule has 1 aliphatic heterocycles. The van der Waals surface area contributed by atoms with Gasteiger partial charge in [-0.2, -0.15) is 0 Å². The van der Waals surface area contributed by atoms with E-state index in [0.717, 1.165) is 17.1 Å². The molecule has 0 radical (unpaired) electrons. The van der Waals surface area contributed by atoms with E-state index in [1.165, 1.54) is 32.4 Å². The molecule has 22 heavy (non-hydrogen) atoms. The third kappa shape index (κ3) is 4.15. The van der Waals surface area contributed by atoms with Crippen molar-refractivity contribution in [1.82, 2.24) is 14.6 Å². The summed E-state index contributed by atoms with van der Waals surface area (Å²) in [4.78, 5) is 15.9. The fourth-order valence-corrected chi connectivity index (χ4v) is 2.84. The summed E-state index contributed by atoms with van der Waals surface area (Å²) in [7, 11) is -0.622. The Labute approximate surface area is 129 Å². The van der Waals surface area contributed by atoms with Crippen LogP contribution in [-0.4, -0.2) is 57.1 Å². The van der Waals surface area contributed by atoms with Gasteiger partial charge in [-0.15, -0.1) is 0 Å². The van der Waals surface area contributed by atoms with E-state index in [9.17, 15) is 13.2 Å². The van der Waals surface area contributed by atoms with E-state index in [2.05, 4.69) is 15.6 Å². The lowest BCUT2D eigenvalue weighted by molar-refractivity contribution is 0.0806. The van der Waals surface area contributed by atoms with E-state index in [-0.39, 0.29) is 17.0 Å². The van der Waals surface area contributed by atoms with Gasteiger partial charge in [-0.3, -0.25) is 5.32 Å². The Hall–Kier alpha value is -1.71. The Bertz CT molecular complexity index is 609. The number of nitrogens with one attached hydrogen (secondary N) is 2. The van der Waals surface area contributed by atoms with E-state index in [4.69, 9.17) is 4.74 Å². The topological polar surface area (TPSA) is 101 Å². The Morgan fingerprint density at radius 2 is 2.00 bits per heavy atom. The van der Waals surface area contributed by atoms with Crippen molar-refractivity contribution < 1.29 is 17.9 Å². The number of hydrogen-bond acceptors (Lipinski definition) is 5. The Morgan fingerprint density at radius 1 is 1.32 bits per heavy atom. The molecular formula is C13H20N4O4S. The van der Waals surface area contributed by atoms with Crippen LogP contribution in [0.3, 0.4) is 0 Å². The fraction of sp³-hybridized carbons (Fsp3) is 0.538. The smallest absolute Gasteiger partial charge is 0.320 e. The minimum atomic E-state index is -3.52. The van der Waals surface area contributed by atoms with Crippen molar-refractivity contribution in [3.05, 3.63) is 18.3 Å². The van der Waals surface area contributed by atoms with Crippen molar-refractivity contribution in [2.75, 3.05) is 32.6 Å². The molecule has 1 aromatic rings. The maximum atomic E-state index is 11.9. The Kier molecular flexibility index (Phi) is 5.33. The number of hydrogen-bond donors (Lipinski definition) is 2. The van der Waals surface area contributed by atoms with Crippen LogP contribution < -0.4 is 10.6 Å². The quantitative estimate of drug-likeness (QED) is 0.844. The highest BCUT2D eigenvalue weighted by Gasteiger charge is 2.18. The van der Waals surface area contributed by atoms with Gasteiger partial charge in [0.1, 0.15) is 10.7 Å². The van der Waals surface area contributed by atoms with Crippen molar-refractivity contribution in [2.24, 2.45) is 0 Å². The van der Waals surface area contributed by atoms with Gasteiger partial charge in [0.05, 0.1) is 0 Å². The number of ether oxygens (including phenoxy) is 1. The second-order valence-corrected chi connectivity index (χ2v) is 7.30. The predicted octanol–water partition coefficient (Wildman–Crippen LogP) is 0.632. The summed E-state index contributed by atoms with van der Waals surface area (Å²) in [5, 5.41) is 5.42. The van der Waals surface area contributed by atoms with Crippen LogP contribution in [0.1, 0.15) is 12.8 Å². The highest BCUT2D eigenvalue weighted by molar-refractivity contribution is 7.89. The first kappa shape index (κ1) is 16.7. The van der Waals surface area contributed by atoms with Crippen molar-refractivity contribution in [1.29, 1.82) is 0 Å². The minimum Gasteiger partial charge on any atom is -0.381 e. The van der Waals surface area contributed by atoms with Crippen molar-refractivity contribution in [3.63, 3.8) is 0 Å². The molecule has 0 aliphatic carbocycles. The number of rotatable bonds is 4. The molecule has 0 atom stereocenters. The average molecular weight is 328 g/mol. The summed E-state index contributed by atoms with van der Waals surface area (Å²) in [5.41, 5.74) is 0. The second kappa shape index (κ2) is 7.03. The lowest BCUT2D eigenvalue weighted by Crippen LogP contribution is -2.41. The molecule has 0 bridgehead atoms. The molecule has 0 aromatic carbocycles. The fourth-order valence-electron chi connectivity index (χ4n) is 2.00. The van der Waals surface area contributed by atoms with Gasteiger partial charge in [-0.25, -0.2) is 22.5 Å². The molecule has 2 heterocycles. The van der Waals surface area contributed by atoms with Gasteiger partial charge in [0.15, 0.2) is 0 Å². The van der Waals surface area contributed by atoms with E-state index in [0.29, 0.717) is 19.0 Å². The number of urea groups is 1. The van der Waals surface area contributed by atoms with Gasteiger partial charge >= 0.3 is 6.03 Å². The Morgan fingerprint density at radius 3 is 2.55 bits per heavy atom. The first-order valence-corrected chi connectivity index (χ1v) is 8.37. The van der Waals surface area contributed by atoms with Crippen LogP contribution in [-0.2, 0) is 14.8 Å². The van der Waals surface area contributed by atoms with Crippen LogP contribution in [0.4, 0.5) is 10.6 Å². The molecule has 1 aliphatic rings. The number of carbonyl (C=O) groups is 1. The maximum Gasteiger partial charge on any atom is 0.320 e. The summed E-state index contributed by atoms with van der Waals surface area (Å²) in [6.07, 6.45) is 2.78. The first-order chi connectivity index (χ1) is 10.4. The summed E-state index contributed by atoms with van der Waals surface area (Å²) < 4.78 is 30.1. The maximum absolute atomic E-state index is 11.9. The number of sulfonamides is 1. The summed E-state index contributed by atoms with van der Waals surface area (Å²) in [6, 6.07) is 2.59. The number of amides is 2. The van der Waals surface area contributed by atoms with Gasteiger partial charge in [0, 0.05) is 39.5 Å². The van der Waals surface area contributed by atoms with Gasteiger partial charge in [0.2, 0.25) is 10.0 Å². The van der Waals surface area contributed by atoms with Crippen molar-refractivity contribution >= 4 is 21.9 Å². The molecule has 8 nitrogen and oxygen atoms in total. The zero-order valence-electron chi connectivity index (χ0n) is 12.6. The van der Waals surface area contributed by atoms with Crippen LogP contribution in [0.25, 0.3) is 0 Å². The van der Waals surface area contributed by atoms with Crippen LogP contribution in [0.5, 0.6) is 0 Å².